The molecule has 0 fully saturated rings. The number of aromatic hydroxyl groups is 1. The van der Waals surface area contributed by atoms with Gasteiger partial charge in [0.2, 0.25) is 0 Å². The number of carbonyl (C=O) groups is 1. The number of hydrogen-bond donors (Lipinski definition) is 1. The summed E-state index contributed by atoms with van der Waals surface area (Å²) in [6, 6.07) is 12.0. The third-order valence-electron chi connectivity index (χ3n) is 5.85. The summed E-state index contributed by atoms with van der Waals surface area (Å²) in [5.74, 6) is -0.237. The summed E-state index contributed by atoms with van der Waals surface area (Å²) < 4.78 is 12.8. The quantitative estimate of drug-likeness (QED) is 0.494. The number of ether oxygens (including phenoxy) is 2. The van der Waals surface area contributed by atoms with Crippen LogP contribution in [0.15, 0.2) is 57.8 Å². The fourth-order valence-corrected chi connectivity index (χ4v) is 5.09. The van der Waals surface area contributed by atoms with Crippen LogP contribution in [0.3, 0.4) is 0 Å². The van der Waals surface area contributed by atoms with Gasteiger partial charge in [-0.15, -0.1) is 0 Å². The molecule has 0 saturated carbocycles. The molecular weight excluding hydrogens is 478 g/mol. The first-order chi connectivity index (χ1) is 17.2. The molecule has 2 aromatic carbocycles. The van der Waals surface area contributed by atoms with Crippen molar-refractivity contribution in [1.29, 1.82) is 0 Å². The van der Waals surface area contributed by atoms with Crippen LogP contribution in [-0.2, 0) is 9.53 Å². The second-order valence-corrected chi connectivity index (χ2v) is 9.44. The van der Waals surface area contributed by atoms with Gasteiger partial charge < -0.3 is 19.5 Å². The summed E-state index contributed by atoms with van der Waals surface area (Å²) in [7, 11) is 3.94. The van der Waals surface area contributed by atoms with Gasteiger partial charge in [0.25, 0.3) is 5.56 Å². The molecule has 0 aliphatic carbocycles. The zero-order valence-electron chi connectivity index (χ0n) is 20.9. The van der Waals surface area contributed by atoms with E-state index in [-0.39, 0.29) is 23.5 Å². The number of anilines is 1. The molecule has 0 unspecified atom stereocenters. The second-order valence-electron chi connectivity index (χ2n) is 8.43. The highest BCUT2D eigenvalue weighted by atomic mass is 32.1. The molecule has 0 amide bonds. The molecule has 0 bridgehead atoms. The number of rotatable bonds is 7. The fraction of sp³-hybridized carbons (Fsp3) is 0.296. The Labute approximate surface area is 213 Å². The Hall–Kier alpha value is -3.85. The molecule has 9 heteroatoms. The number of phenolic OH excluding ortho intramolecular Hbond substituents is 1. The van der Waals surface area contributed by atoms with Crippen molar-refractivity contribution in [3.8, 4) is 11.5 Å². The molecule has 0 radical (unpaired) electrons. The van der Waals surface area contributed by atoms with Gasteiger partial charge in [-0.2, -0.15) is 0 Å². The summed E-state index contributed by atoms with van der Waals surface area (Å²) in [6.45, 7) is 5.84. The minimum absolute atomic E-state index is 0.000000586. The zero-order valence-corrected chi connectivity index (χ0v) is 21.8. The Morgan fingerprint density at radius 2 is 1.89 bits per heavy atom. The monoisotopic (exact) mass is 507 g/mol. The van der Waals surface area contributed by atoms with E-state index < -0.39 is 12.0 Å². The van der Waals surface area contributed by atoms with Crippen molar-refractivity contribution >= 4 is 34.8 Å². The molecule has 36 heavy (non-hydrogen) atoms. The number of aromatic nitrogens is 1. The number of fused-ring (bicyclic) bond motifs is 1. The maximum atomic E-state index is 13.4. The van der Waals surface area contributed by atoms with Crippen molar-refractivity contribution in [1.82, 2.24) is 4.57 Å². The fourth-order valence-electron chi connectivity index (χ4n) is 4.05. The number of hydrogen-bond acceptors (Lipinski definition) is 8. The minimum atomic E-state index is -0.714. The van der Waals surface area contributed by atoms with Crippen LogP contribution in [0.1, 0.15) is 37.9 Å². The summed E-state index contributed by atoms with van der Waals surface area (Å²) in [4.78, 5) is 33.7. The van der Waals surface area contributed by atoms with Crippen LogP contribution in [0, 0.1) is 0 Å². The van der Waals surface area contributed by atoms with Gasteiger partial charge in [-0.25, -0.2) is 9.79 Å². The van der Waals surface area contributed by atoms with E-state index in [0.717, 1.165) is 11.3 Å². The first-order valence-corrected chi connectivity index (χ1v) is 12.5. The smallest absolute Gasteiger partial charge is 0.338 e. The number of allylic oxidation sites excluding steroid dienone is 1. The van der Waals surface area contributed by atoms with Gasteiger partial charge in [0, 0.05) is 25.5 Å². The lowest BCUT2D eigenvalue weighted by Gasteiger charge is -2.22. The number of thiazole rings is 1. The summed E-state index contributed by atoms with van der Waals surface area (Å²) in [5, 5.41) is 10.2. The number of carbonyl (C=O) groups excluding carboxylic acids is 1. The maximum absolute atomic E-state index is 13.4. The third kappa shape index (κ3) is 4.79. The van der Waals surface area contributed by atoms with Crippen LogP contribution in [0.2, 0.25) is 0 Å². The molecule has 1 atom stereocenters. The van der Waals surface area contributed by atoms with Crippen LogP contribution in [0.4, 0.5) is 5.69 Å². The van der Waals surface area contributed by atoms with Crippen molar-refractivity contribution in [2.45, 2.75) is 26.8 Å². The Morgan fingerprint density at radius 1 is 1.17 bits per heavy atom. The van der Waals surface area contributed by atoms with Gasteiger partial charge in [-0.3, -0.25) is 9.36 Å². The van der Waals surface area contributed by atoms with Crippen molar-refractivity contribution in [2.75, 3.05) is 32.2 Å². The van der Waals surface area contributed by atoms with Crippen molar-refractivity contribution in [2.24, 2.45) is 4.99 Å². The molecule has 0 spiro atoms. The van der Waals surface area contributed by atoms with E-state index in [1.165, 1.54) is 22.0 Å². The van der Waals surface area contributed by atoms with Gasteiger partial charge in [-0.1, -0.05) is 29.5 Å². The number of esters is 1. The first-order valence-electron chi connectivity index (χ1n) is 11.7. The lowest BCUT2D eigenvalue weighted by Crippen LogP contribution is -2.35. The van der Waals surface area contributed by atoms with E-state index >= 15 is 0 Å². The second kappa shape index (κ2) is 10.4. The SMILES string of the molecule is CCOC(=O)C1=C(C)n2c(s/c(=C\c3ccc(N(C)C)cc3)c2=O)=N[C@@H]1c1ccc(O)c(OCC)c1. The predicted molar refractivity (Wildman–Crippen MR) is 141 cm³/mol. The summed E-state index contributed by atoms with van der Waals surface area (Å²) >= 11 is 1.27. The van der Waals surface area contributed by atoms with E-state index in [1.54, 1.807) is 26.0 Å². The third-order valence-corrected chi connectivity index (χ3v) is 6.83. The minimum Gasteiger partial charge on any atom is -0.504 e. The summed E-state index contributed by atoms with van der Waals surface area (Å²) in [6.07, 6.45) is 1.83. The highest BCUT2D eigenvalue weighted by molar-refractivity contribution is 7.07. The van der Waals surface area contributed by atoms with Gasteiger partial charge in [0.15, 0.2) is 16.3 Å². The standard InChI is InChI=1S/C27H29N3O5S/c1-6-34-21-15-18(10-13-20(21)31)24-23(26(33)35-7-2)16(3)30-25(32)22(36-27(30)28-24)14-17-8-11-19(12-9-17)29(4)5/h8-15,24,31H,6-7H2,1-5H3/b22-14-/t24-/m1/s1. The molecule has 8 nitrogen and oxygen atoms in total. The topological polar surface area (TPSA) is 93.4 Å². The van der Waals surface area contributed by atoms with Crippen molar-refractivity contribution in [3.05, 3.63) is 78.9 Å². The van der Waals surface area contributed by atoms with E-state index in [1.807, 2.05) is 56.3 Å². The first kappa shape index (κ1) is 25.2. The normalized spacial score (nSPS) is 15.4. The number of nitrogens with zero attached hydrogens (tertiary/aromatic N) is 3. The molecule has 3 aromatic rings. The highest BCUT2D eigenvalue weighted by Crippen LogP contribution is 2.36. The van der Waals surface area contributed by atoms with Crippen molar-refractivity contribution < 1.29 is 19.4 Å². The van der Waals surface area contributed by atoms with Crippen LogP contribution >= 0.6 is 11.3 Å². The highest BCUT2D eigenvalue weighted by Gasteiger charge is 2.32. The van der Waals surface area contributed by atoms with Crippen LogP contribution in [0.25, 0.3) is 11.8 Å². The Kier molecular flexibility index (Phi) is 7.30. The average Bonchev–Trinajstić information content (AvgIpc) is 3.16. The van der Waals surface area contributed by atoms with Gasteiger partial charge >= 0.3 is 5.97 Å². The molecule has 0 saturated heterocycles. The molecular formula is C27H29N3O5S. The number of benzene rings is 2. The van der Waals surface area contributed by atoms with Crippen molar-refractivity contribution in [3.63, 3.8) is 0 Å². The molecule has 1 N–H and O–H groups in total. The Bertz CT molecular complexity index is 1500. The molecule has 1 aliphatic heterocycles. The summed E-state index contributed by atoms with van der Waals surface area (Å²) in [5.41, 5.74) is 3.10. The van der Waals surface area contributed by atoms with Gasteiger partial charge in [-0.05, 0) is 62.2 Å². The number of phenols is 1. The molecule has 4 rings (SSSR count). The van der Waals surface area contributed by atoms with Crippen LogP contribution in [-0.4, -0.2) is 43.0 Å². The molecule has 188 valence electrons. The Morgan fingerprint density at radius 3 is 2.53 bits per heavy atom. The van der Waals surface area contributed by atoms with E-state index in [0.29, 0.717) is 33.0 Å². The van der Waals surface area contributed by atoms with Gasteiger partial charge in [0.1, 0.15) is 6.04 Å². The van der Waals surface area contributed by atoms with E-state index in [4.69, 9.17) is 14.5 Å². The largest absolute Gasteiger partial charge is 0.504 e. The molecule has 1 aromatic heterocycles. The maximum Gasteiger partial charge on any atom is 0.338 e. The van der Waals surface area contributed by atoms with E-state index in [9.17, 15) is 14.7 Å². The zero-order chi connectivity index (χ0) is 26.0. The lowest BCUT2D eigenvalue weighted by atomic mass is 9.96. The average molecular weight is 508 g/mol. The molecule has 1 aliphatic rings. The molecule has 2 heterocycles. The Balaban J connectivity index is 1.89. The van der Waals surface area contributed by atoms with Crippen LogP contribution in [0.5, 0.6) is 11.5 Å². The van der Waals surface area contributed by atoms with Crippen LogP contribution < -0.4 is 24.5 Å². The predicted octanol–water partition coefficient (Wildman–Crippen LogP) is 3.08. The van der Waals surface area contributed by atoms with E-state index in [2.05, 4.69) is 0 Å². The van der Waals surface area contributed by atoms with Gasteiger partial charge in [0.05, 0.1) is 23.3 Å². The lowest BCUT2D eigenvalue weighted by molar-refractivity contribution is -0.138.